The van der Waals surface area contributed by atoms with Gasteiger partial charge >= 0.3 is 0 Å². The van der Waals surface area contributed by atoms with Gasteiger partial charge in [-0.15, -0.1) is 0 Å². The highest BCUT2D eigenvalue weighted by Gasteiger charge is 2.25. The van der Waals surface area contributed by atoms with Gasteiger partial charge in [-0.2, -0.15) is 0 Å². The van der Waals surface area contributed by atoms with E-state index in [-0.39, 0.29) is 0 Å². The van der Waals surface area contributed by atoms with Gasteiger partial charge in [-0.25, -0.2) is 0 Å². The van der Waals surface area contributed by atoms with E-state index in [0.29, 0.717) is 12.3 Å². The van der Waals surface area contributed by atoms with Crippen molar-refractivity contribution in [3.8, 4) is 0 Å². The van der Waals surface area contributed by atoms with Gasteiger partial charge in [0, 0.05) is 25.6 Å². The maximum Gasteiger partial charge on any atom is 0.139 e. The first kappa shape index (κ1) is 13.3. The van der Waals surface area contributed by atoms with Crippen molar-refractivity contribution in [3.63, 3.8) is 0 Å². The lowest BCUT2D eigenvalue weighted by molar-refractivity contribution is 0.316. The first-order valence-corrected chi connectivity index (χ1v) is 6.11. The summed E-state index contributed by atoms with van der Waals surface area (Å²) in [6, 6.07) is 0.849. The molecular weight excluding hydrogens is 204 g/mol. The predicted octanol–water partition coefficient (Wildman–Crippen LogP) is 0.587. The largest absolute Gasteiger partial charge is 0.409 e. The maximum atomic E-state index is 8.34. The van der Waals surface area contributed by atoms with E-state index in [4.69, 9.17) is 10.9 Å². The molecule has 5 nitrogen and oxygen atoms in total. The number of oxime groups is 1. The molecule has 16 heavy (non-hydrogen) atoms. The van der Waals surface area contributed by atoms with Gasteiger partial charge in [0.2, 0.25) is 0 Å². The highest BCUT2D eigenvalue weighted by molar-refractivity contribution is 5.79. The van der Waals surface area contributed by atoms with Gasteiger partial charge in [0.25, 0.3) is 0 Å². The Morgan fingerprint density at radius 1 is 1.44 bits per heavy atom. The minimum atomic E-state index is 0.327. The van der Waals surface area contributed by atoms with E-state index in [1.807, 2.05) is 0 Å². The van der Waals surface area contributed by atoms with Crippen LogP contribution in [0.25, 0.3) is 0 Å². The molecule has 94 valence electrons. The molecule has 4 N–H and O–H groups in total. The second-order valence-electron chi connectivity index (χ2n) is 4.51. The van der Waals surface area contributed by atoms with Crippen molar-refractivity contribution in [2.75, 3.05) is 26.7 Å². The number of unbranched alkanes of at least 4 members (excludes halogenated alkanes) is 1. The lowest BCUT2D eigenvalue weighted by Crippen LogP contribution is -2.31. The summed E-state index contributed by atoms with van der Waals surface area (Å²) in [5, 5.41) is 14.7. The number of hydrogen-bond acceptors (Lipinski definition) is 4. The monoisotopic (exact) mass is 228 g/mol. The van der Waals surface area contributed by atoms with Crippen LogP contribution < -0.4 is 11.1 Å². The fourth-order valence-electron chi connectivity index (χ4n) is 1.68. The Hall–Kier alpha value is -0.810. The van der Waals surface area contributed by atoms with E-state index in [9.17, 15) is 0 Å². The number of amidine groups is 1. The van der Waals surface area contributed by atoms with E-state index in [1.165, 1.54) is 12.8 Å². The zero-order valence-electron chi connectivity index (χ0n) is 10.2. The molecule has 1 saturated carbocycles. The number of rotatable bonds is 9. The maximum absolute atomic E-state index is 8.34. The summed E-state index contributed by atoms with van der Waals surface area (Å²) in [4.78, 5) is 2.42. The van der Waals surface area contributed by atoms with Crippen LogP contribution in [0.15, 0.2) is 5.16 Å². The molecule has 1 aliphatic carbocycles. The molecule has 0 aromatic rings. The zero-order valence-corrected chi connectivity index (χ0v) is 10.2. The fraction of sp³-hybridized carbons (Fsp3) is 0.909. The second kappa shape index (κ2) is 7.46. The molecule has 0 atom stereocenters. The van der Waals surface area contributed by atoms with Crippen LogP contribution in [0.4, 0.5) is 0 Å². The molecule has 0 heterocycles. The molecule has 0 aliphatic heterocycles. The van der Waals surface area contributed by atoms with Crippen LogP contribution in [0.1, 0.15) is 32.1 Å². The first-order valence-electron chi connectivity index (χ1n) is 6.11. The molecule has 5 heteroatoms. The highest BCUT2D eigenvalue weighted by atomic mass is 16.4. The third-order valence-electron chi connectivity index (χ3n) is 2.98. The van der Waals surface area contributed by atoms with Crippen LogP contribution in [0.2, 0.25) is 0 Å². The van der Waals surface area contributed by atoms with Crippen LogP contribution in [-0.2, 0) is 0 Å². The summed E-state index contributed by atoms with van der Waals surface area (Å²) in [6.07, 6.45) is 5.47. The van der Waals surface area contributed by atoms with Crippen LogP contribution in [0.5, 0.6) is 0 Å². The summed E-state index contributed by atoms with van der Waals surface area (Å²) in [5.41, 5.74) is 5.37. The second-order valence-corrected chi connectivity index (χ2v) is 4.51. The summed E-state index contributed by atoms with van der Waals surface area (Å²) in [7, 11) is 2.19. The summed E-state index contributed by atoms with van der Waals surface area (Å²) in [5.74, 6) is 0.327. The minimum Gasteiger partial charge on any atom is -0.409 e. The van der Waals surface area contributed by atoms with Crippen molar-refractivity contribution in [2.45, 2.75) is 38.1 Å². The van der Waals surface area contributed by atoms with Crippen molar-refractivity contribution >= 4 is 5.84 Å². The molecule has 0 saturated heterocycles. The number of nitrogens with one attached hydrogen (secondary N) is 1. The van der Waals surface area contributed by atoms with E-state index >= 15 is 0 Å². The van der Waals surface area contributed by atoms with Gasteiger partial charge in [0.05, 0.1) is 0 Å². The molecule has 1 rings (SSSR count). The van der Waals surface area contributed by atoms with Crippen molar-refractivity contribution in [1.29, 1.82) is 0 Å². The third-order valence-corrected chi connectivity index (χ3v) is 2.98. The summed E-state index contributed by atoms with van der Waals surface area (Å²) in [6.45, 7) is 3.19. The van der Waals surface area contributed by atoms with Gasteiger partial charge in [-0.05, 0) is 39.3 Å². The standard InChI is InChI=1S/C11H24N4O/c1-15(10-5-6-10)9-8-13-7-3-2-4-11(12)14-16/h10,13,16H,2-9H2,1H3,(H2,12,14). The van der Waals surface area contributed by atoms with E-state index in [0.717, 1.165) is 38.5 Å². The average Bonchev–Trinajstić information content (AvgIpc) is 3.10. The number of likely N-dealkylation sites (N-methyl/N-ethyl adjacent to an activating group) is 1. The quantitative estimate of drug-likeness (QED) is 0.177. The van der Waals surface area contributed by atoms with Gasteiger partial charge in [0.15, 0.2) is 0 Å². The number of nitrogens with zero attached hydrogens (tertiary/aromatic N) is 2. The molecule has 0 unspecified atom stereocenters. The van der Waals surface area contributed by atoms with Crippen molar-refractivity contribution in [2.24, 2.45) is 10.9 Å². The summed E-state index contributed by atoms with van der Waals surface area (Å²) < 4.78 is 0. The SMILES string of the molecule is CN(CCNCCCCC(N)=NO)C1CC1. The minimum absolute atomic E-state index is 0.327. The summed E-state index contributed by atoms with van der Waals surface area (Å²) >= 11 is 0. The van der Waals surface area contributed by atoms with Crippen LogP contribution in [-0.4, -0.2) is 48.7 Å². The molecule has 0 aromatic heterocycles. The lowest BCUT2D eigenvalue weighted by atomic mass is 10.2. The number of hydrogen-bond donors (Lipinski definition) is 3. The average molecular weight is 228 g/mol. The highest BCUT2D eigenvalue weighted by Crippen LogP contribution is 2.24. The first-order chi connectivity index (χ1) is 7.74. The Bertz CT molecular complexity index is 216. The van der Waals surface area contributed by atoms with Crippen LogP contribution in [0.3, 0.4) is 0 Å². The molecule has 0 amide bonds. The lowest BCUT2D eigenvalue weighted by Gasteiger charge is -2.15. The van der Waals surface area contributed by atoms with Gasteiger partial charge < -0.3 is 21.2 Å². The van der Waals surface area contributed by atoms with Gasteiger partial charge in [-0.3, -0.25) is 0 Å². The topological polar surface area (TPSA) is 73.9 Å². The van der Waals surface area contributed by atoms with E-state index in [2.05, 4.69) is 22.4 Å². The fourth-order valence-corrected chi connectivity index (χ4v) is 1.68. The molecule has 0 bridgehead atoms. The Morgan fingerprint density at radius 2 is 2.19 bits per heavy atom. The Kier molecular flexibility index (Phi) is 6.18. The van der Waals surface area contributed by atoms with E-state index in [1.54, 1.807) is 0 Å². The smallest absolute Gasteiger partial charge is 0.139 e. The zero-order chi connectivity index (χ0) is 11.8. The van der Waals surface area contributed by atoms with Crippen molar-refractivity contribution < 1.29 is 5.21 Å². The Balaban J connectivity index is 1.80. The van der Waals surface area contributed by atoms with Crippen LogP contribution >= 0.6 is 0 Å². The molecule has 0 aromatic carbocycles. The molecule has 1 fully saturated rings. The van der Waals surface area contributed by atoms with E-state index < -0.39 is 0 Å². The van der Waals surface area contributed by atoms with Crippen LogP contribution in [0, 0.1) is 0 Å². The number of nitrogens with two attached hydrogens (primary N) is 1. The molecular formula is C11H24N4O. The van der Waals surface area contributed by atoms with Gasteiger partial charge in [0.1, 0.15) is 5.84 Å². The third kappa shape index (κ3) is 5.92. The molecule has 1 aliphatic rings. The predicted molar refractivity (Wildman–Crippen MR) is 65.8 cm³/mol. The normalized spacial score (nSPS) is 17.0. The molecule has 0 spiro atoms. The Morgan fingerprint density at radius 3 is 2.81 bits per heavy atom. The van der Waals surface area contributed by atoms with Crippen molar-refractivity contribution in [3.05, 3.63) is 0 Å². The van der Waals surface area contributed by atoms with Crippen molar-refractivity contribution in [1.82, 2.24) is 10.2 Å². The Labute approximate surface area is 97.7 Å². The van der Waals surface area contributed by atoms with Gasteiger partial charge in [-0.1, -0.05) is 5.16 Å². The molecule has 0 radical (unpaired) electrons.